The smallest absolute Gasteiger partial charge is 0.397 e. The summed E-state index contributed by atoms with van der Waals surface area (Å²) in [7, 11) is -4.81. The second-order valence-electron chi connectivity index (χ2n) is 15.1. The maximum Gasteiger partial charge on any atom is 0.472 e. The number of nitrogen functional groups attached to an aromatic ring is 1. The molecule has 4 rings (SSSR count). The lowest BCUT2D eigenvalue weighted by molar-refractivity contribution is -0.0664. The van der Waals surface area contributed by atoms with Crippen LogP contribution in [0.5, 0.6) is 0 Å². The molecular formula is C42H61FN5O8P. The van der Waals surface area contributed by atoms with Crippen molar-refractivity contribution >= 4 is 19.0 Å². The number of aliphatic hydroxyl groups is 2. The van der Waals surface area contributed by atoms with E-state index in [1.54, 1.807) is 12.1 Å². The highest BCUT2D eigenvalue weighted by molar-refractivity contribution is 7.47. The Bertz CT molecular complexity index is 1800. The Morgan fingerprint density at radius 3 is 2.14 bits per heavy atom. The fraction of sp³-hybridized carbons (Fsp3) is 0.643. The van der Waals surface area contributed by atoms with Crippen LogP contribution in [0.2, 0.25) is 0 Å². The molecule has 0 radical (unpaired) electrons. The van der Waals surface area contributed by atoms with Crippen LogP contribution in [0.3, 0.4) is 0 Å². The van der Waals surface area contributed by atoms with Gasteiger partial charge in [-0.15, -0.1) is 0 Å². The molecule has 0 saturated carbocycles. The zero-order chi connectivity index (χ0) is 41.1. The number of nitrogens with two attached hydrogens (primary N) is 1. The molecule has 1 aliphatic rings. The van der Waals surface area contributed by atoms with Crippen LogP contribution in [0.15, 0.2) is 42.6 Å². The summed E-state index contributed by atoms with van der Waals surface area (Å²) in [6.07, 6.45) is 16.7. The van der Waals surface area contributed by atoms with Crippen LogP contribution in [0.4, 0.5) is 10.1 Å². The fourth-order valence-corrected chi connectivity index (χ4v) is 8.26. The van der Waals surface area contributed by atoms with Crippen molar-refractivity contribution in [2.24, 2.45) is 0 Å². The lowest BCUT2D eigenvalue weighted by Gasteiger charge is -2.24. The van der Waals surface area contributed by atoms with Crippen LogP contribution in [0.1, 0.15) is 139 Å². The first-order valence-electron chi connectivity index (χ1n) is 20.6. The zero-order valence-electron chi connectivity index (χ0n) is 33.3. The van der Waals surface area contributed by atoms with Crippen molar-refractivity contribution in [1.29, 1.82) is 10.5 Å². The minimum absolute atomic E-state index is 0.106. The van der Waals surface area contributed by atoms with Gasteiger partial charge in [-0.25, -0.2) is 13.5 Å². The average molecular weight is 814 g/mol. The van der Waals surface area contributed by atoms with Crippen LogP contribution in [0.25, 0.3) is 5.52 Å². The molecule has 3 heterocycles. The molecule has 5 N–H and O–H groups in total. The fourth-order valence-electron chi connectivity index (χ4n) is 7.32. The van der Waals surface area contributed by atoms with Crippen molar-refractivity contribution in [3.05, 3.63) is 65.2 Å². The van der Waals surface area contributed by atoms with E-state index in [0.717, 1.165) is 25.3 Å². The Morgan fingerprint density at radius 1 is 0.947 bits per heavy atom. The van der Waals surface area contributed by atoms with Crippen molar-refractivity contribution in [3.63, 3.8) is 0 Å². The quantitative estimate of drug-likeness (QED) is 0.0402. The van der Waals surface area contributed by atoms with Gasteiger partial charge in [-0.2, -0.15) is 15.6 Å². The van der Waals surface area contributed by atoms with Gasteiger partial charge in [0.15, 0.2) is 0 Å². The van der Waals surface area contributed by atoms with E-state index in [9.17, 15) is 29.3 Å². The van der Waals surface area contributed by atoms with Gasteiger partial charge in [0.2, 0.25) is 5.60 Å². The number of ether oxygens (including phenoxy) is 2. The first kappa shape index (κ1) is 46.3. The largest absolute Gasteiger partial charge is 0.472 e. The number of anilines is 1. The molecule has 3 aromatic rings. The van der Waals surface area contributed by atoms with Crippen molar-refractivity contribution in [3.8, 4) is 12.1 Å². The molecule has 1 unspecified atom stereocenters. The summed E-state index contributed by atoms with van der Waals surface area (Å²) in [5, 5.41) is 45.3. The minimum atomic E-state index is -4.81. The van der Waals surface area contributed by atoms with Gasteiger partial charge in [-0.3, -0.25) is 9.05 Å². The predicted octanol–water partition coefficient (Wildman–Crippen LogP) is 8.53. The first-order valence-corrected chi connectivity index (χ1v) is 22.1. The van der Waals surface area contributed by atoms with Crippen molar-refractivity contribution in [2.45, 2.75) is 159 Å². The monoisotopic (exact) mass is 813 g/mol. The summed E-state index contributed by atoms with van der Waals surface area (Å²) in [5.41, 5.74) is 5.25. The van der Waals surface area contributed by atoms with Crippen LogP contribution < -0.4 is 5.73 Å². The molecule has 1 aromatic carbocycles. The van der Waals surface area contributed by atoms with Gasteiger partial charge in [0.1, 0.15) is 30.2 Å². The molecule has 0 spiro atoms. The Labute approximate surface area is 336 Å². The molecule has 1 aliphatic heterocycles. The lowest BCUT2D eigenvalue weighted by atomic mass is 9.92. The number of fused-ring (bicyclic) bond motifs is 1. The maximum absolute atomic E-state index is 14.5. The summed E-state index contributed by atoms with van der Waals surface area (Å²) in [5.74, 6) is -0.603. The van der Waals surface area contributed by atoms with E-state index in [2.05, 4.69) is 12.0 Å². The molecule has 0 bridgehead atoms. The number of unbranched alkanes of at least 4 members (excludes halogenated alkanes) is 16. The van der Waals surface area contributed by atoms with Crippen molar-refractivity contribution < 1.29 is 42.6 Å². The summed E-state index contributed by atoms with van der Waals surface area (Å²) in [4.78, 5) is 10.8. The van der Waals surface area contributed by atoms with Crippen molar-refractivity contribution in [2.75, 3.05) is 18.9 Å². The number of rotatable bonds is 28. The Balaban J connectivity index is 1.24. The number of halogens is 1. The number of hydrogen-bond acceptors (Lipinski definition) is 11. The number of hydrogen-bond donors (Lipinski definition) is 4. The molecule has 15 heteroatoms. The van der Waals surface area contributed by atoms with Gasteiger partial charge in [0, 0.05) is 11.8 Å². The minimum Gasteiger partial charge on any atom is -0.397 e. The highest BCUT2D eigenvalue weighted by atomic mass is 31.2. The molecular weight excluding hydrogens is 752 g/mol. The molecule has 0 amide bonds. The molecule has 6 atom stereocenters. The molecule has 57 heavy (non-hydrogen) atoms. The summed E-state index contributed by atoms with van der Waals surface area (Å²) >= 11 is 0. The number of phosphoric acid groups is 1. The van der Waals surface area contributed by atoms with Crippen LogP contribution in [0, 0.1) is 28.5 Å². The summed E-state index contributed by atoms with van der Waals surface area (Å²) in [6, 6.07) is 12.5. The van der Waals surface area contributed by atoms with E-state index < -0.39 is 50.3 Å². The molecule has 314 valence electrons. The number of phosphoric ester groups is 1. The number of nitrogens with zero attached hydrogens (tertiary/aromatic N) is 4. The van der Waals surface area contributed by atoms with Crippen molar-refractivity contribution in [1.82, 2.24) is 9.61 Å². The van der Waals surface area contributed by atoms with Crippen LogP contribution in [-0.2, 0) is 35.3 Å². The van der Waals surface area contributed by atoms with E-state index in [0.29, 0.717) is 24.0 Å². The van der Waals surface area contributed by atoms with Gasteiger partial charge in [0.05, 0.1) is 54.5 Å². The SMILES string of the molecule is CCCCCCCCCCCCCCCCCCC[C@H](COCc1ccc(C#N)cc1F)OP(=O)(O)OC[C@H]1O[C@@](C#N)(c2ccc3c(N)ccnn23)[C@H](O)[C@@H]1O. The third kappa shape index (κ3) is 13.8. The second-order valence-corrected chi connectivity index (χ2v) is 16.5. The lowest BCUT2D eigenvalue weighted by Crippen LogP contribution is -2.41. The van der Waals surface area contributed by atoms with Gasteiger partial charge in [-0.1, -0.05) is 122 Å². The molecule has 1 saturated heterocycles. The van der Waals surface area contributed by atoms with E-state index in [-0.39, 0.29) is 30.0 Å². The number of aromatic nitrogens is 2. The molecule has 13 nitrogen and oxygen atoms in total. The molecule has 1 fully saturated rings. The number of nitriles is 2. The third-order valence-corrected chi connectivity index (χ3v) is 11.7. The van der Waals surface area contributed by atoms with Gasteiger partial charge >= 0.3 is 7.82 Å². The van der Waals surface area contributed by atoms with E-state index in [4.69, 9.17) is 29.5 Å². The maximum atomic E-state index is 14.5. The second kappa shape index (κ2) is 23.8. The third-order valence-electron chi connectivity index (χ3n) is 10.6. The van der Waals surface area contributed by atoms with E-state index >= 15 is 0 Å². The molecule has 2 aromatic heterocycles. The predicted molar refractivity (Wildman–Crippen MR) is 214 cm³/mol. The van der Waals surface area contributed by atoms with Crippen LogP contribution >= 0.6 is 7.82 Å². The normalized spacial score (nSPS) is 21.0. The topological polar surface area (TPSA) is 206 Å². The van der Waals surface area contributed by atoms with Gasteiger partial charge in [0.25, 0.3) is 0 Å². The standard InChI is InChI=1S/C42H61FN5O8P/c1-2-3-4-5-6-7-8-9-10-11-12-13-14-15-16-17-18-19-34(29-53-28-33-21-20-32(27-44)26-35(33)43)56-57(51,52)54-30-38-40(49)41(50)42(31-45,55-38)39-23-22-37-36(46)24-25-47-48(37)39/h20-26,34,38,40-41,49-50H,2-19,28-30,46H2,1H3,(H,51,52)/t34-,38-,40-,41-,42+/m1/s1. The highest BCUT2D eigenvalue weighted by Crippen LogP contribution is 2.47. The number of benzene rings is 1. The highest BCUT2D eigenvalue weighted by Gasteiger charge is 2.58. The molecule has 0 aliphatic carbocycles. The Hall–Kier alpha value is -3.43. The Morgan fingerprint density at radius 2 is 1.56 bits per heavy atom. The van der Waals surface area contributed by atoms with E-state index in [1.165, 1.54) is 112 Å². The Kier molecular flexibility index (Phi) is 19.4. The van der Waals surface area contributed by atoms with Gasteiger partial charge < -0.3 is 30.3 Å². The average Bonchev–Trinajstić information content (AvgIpc) is 3.75. The summed E-state index contributed by atoms with van der Waals surface area (Å²) < 4.78 is 51.5. The zero-order valence-corrected chi connectivity index (χ0v) is 34.2. The first-order chi connectivity index (χ1) is 27.5. The number of aliphatic hydroxyl groups excluding tert-OH is 2. The van der Waals surface area contributed by atoms with Gasteiger partial charge in [-0.05, 0) is 36.8 Å². The van der Waals surface area contributed by atoms with E-state index in [1.807, 2.05) is 12.1 Å². The summed E-state index contributed by atoms with van der Waals surface area (Å²) in [6.45, 7) is 1.25. The van der Waals surface area contributed by atoms with Crippen LogP contribution in [-0.4, -0.2) is 62.4 Å².